The van der Waals surface area contributed by atoms with E-state index in [0.29, 0.717) is 32.9 Å². The average molecular weight is 488 g/mol. The molecule has 1 heterocycles. The number of ether oxygens (including phenoxy) is 2. The quantitative estimate of drug-likeness (QED) is 0.289. The van der Waals surface area contributed by atoms with Crippen molar-refractivity contribution in [1.82, 2.24) is 19.8 Å². The number of benzene rings is 3. The monoisotopic (exact) mass is 487 g/mol. The van der Waals surface area contributed by atoms with Crippen molar-refractivity contribution in [3.05, 3.63) is 100.0 Å². The van der Waals surface area contributed by atoms with Gasteiger partial charge in [-0.05, 0) is 59.7 Å². The van der Waals surface area contributed by atoms with Crippen LogP contribution in [0.1, 0.15) is 28.4 Å². The van der Waals surface area contributed by atoms with Crippen molar-refractivity contribution in [3.8, 4) is 11.4 Å². The molecule has 36 heavy (non-hydrogen) atoms. The van der Waals surface area contributed by atoms with E-state index >= 15 is 0 Å². The van der Waals surface area contributed by atoms with Crippen LogP contribution in [0.15, 0.2) is 77.6 Å². The Morgan fingerprint density at radius 3 is 2.42 bits per heavy atom. The lowest BCUT2D eigenvalue weighted by atomic mass is 10.1. The first-order chi connectivity index (χ1) is 17.4. The van der Waals surface area contributed by atoms with Crippen LogP contribution in [0.25, 0.3) is 5.69 Å². The highest BCUT2D eigenvalue weighted by molar-refractivity contribution is 5.96. The van der Waals surface area contributed by atoms with Crippen LogP contribution in [0.4, 0.5) is 10.5 Å². The third kappa shape index (κ3) is 4.88. The van der Waals surface area contributed by atoms with Crippen molar-refractivity contribution < 1.29 is 19.1 Å². The number of para-hydroxylation sites is 2. The maximum atomic E-state index is 13.3. The van der Waals surface area contributed by atoms with Crippen LogP contribution in [-0.2, 0) is 11.3 Å². The zero-order chi connectivity index (χ0) is 25.7. The minimum atomic E-state index is -0.752. The highest BCUT2D eigenvalue weighted by atomic mass is 16.5. The smallest absolute Gasteiger partial charge is 0.377 e. The van der Waals surface area contributed by atoms with Gasteiger partial charge in [-0.2, -0.15) is 4.68 Å². The molecule has 10 heteroatoms. The van der Waals surface area contributed by atoms with Crippen LogP contribution in [0.2, 0.25) is 0 Å². The summed E-state index contributed by atoms with van der Waals surface area (Å²) in [6.07, 6.45) is 0. The second-order valence-electron chi connectivity index (χ2n) is 7.84. The Labute approximate surface area is 207 Å². The van der Waals surface area contributed by atoms with Gasteiger partial charge in [0.05, 0.1) is 12.7 Å². The number of anilines is 1. The number of hydrogen-bond acceptors (Lipinski definition) is 7. The molecule has 3 aromatic carbocycles. The molecule has 4 aromatic rings. The van der Waals surface area contributed by atoms with Gasteiger partial charge in [0.2, 0.25) is 0 Å². The second kappa shape index (κ2) is 10.7. The summed E-state index contributed by atoms with van der Waals surface area (Å²) >= 11 is 0. The molecule has 4 rings (SSSR count). The summed E-state index contributed by atoms with van der Waals surface area (Å²) in [4.78, 5) is 40.4. The molecular formula is C26H25N5O5. The maximum Gasteiger partial charge on any atom is 0.377 e. The molecule has 184 valence electrons. The number of carbonyl (C=O) groups excluding carboxylic acids is 2. The fourth-order valence-electron chi connectivity index (χ4n) is 3.66. The van der Waals surface area contributed by atoms with Crippen molar-refractivity contribution >= 4 is 17.7 Å². The van der Waals surface area contributed by atoms with E-state index < -0.39 is 17.7 Å². The molecule has 10 nitrogen and oxygen atoms in total. The normalized spacial score (nSPS) is 10.6. The molecule has 0 N–H and O–H groups in total. The van der Waals surface area contributed by atoms with E-state index in [9.17, 15) is 14.4 Å². The number of aromatic nitrogens is 4. The SMILES string of the molecule is CCN(C(=O)n1nnn(-c2ccccc2OC)c1=O)c1ccc(C)c(C(=O)OCc2ccccc2)c1. The maximum absolute atomic E-state index is 13.3. The first-order valence-electron chi connectivity index (χ1n) is 11.3. The molecule has 0 aliphatic heterocycles. The van der Waals surface area contributed by atoms with Crippen molar-refractivity contribution in [1.29, 1.82) is 0 Å². The molecule has 0 saturated heterocycles. The number of nitrogens with zero attached hydrogens (tertiary/aromatic N) is 5. The lowest BCUT2D eigenvalue weighted by molar-refractivity contribution is 0.0472. The van der Waals surface area contributed by atoms with E-state index in [4.69, 9.17) is 9.47 Å². The minimum absolute atomic E-state index is 0.126. The third-order valence-corrected chi connectivity index (χ3v) is 5.59. The topological polar surface area (TPSA) is 109 Å². The van der Waals surface area contributed by atoms with E-state index in [0.717, 1.165) is 10.2 Å². The Hall–Kier alpha value is -4.73. The molecule has 0 atom stereocenters. The van der Waals surface area contributed by atoms with Crippen LogP contribution >= 0.6 is 0 Å². The fraction of sp³-hybridized carbons (Fsp3) is 0.192. The summed E-state index contributed by atoms with van der Waals surface area (Å²) in [7, 11) is 1.47. The summed E-state index contributed by atoms with van der Waals surface area (Å²) in [5.41, 5.74) is 1.89. The standard InChI is InChI=1S/C26H25N5O5/c1-4-29(25(33)31-26(34)30(27-28-31)22-12-8-9-13-23(22)35-3)20-15-14-18(2)21(16-20)24(32)36-17-19-10-6-5-7-11-19/h5-16H,4,17H2,1-3H3. The number of aryl methyl sites for hydroxylation is 1. The second-order valence-corrected chi connectivity index (χ2v) is 7.84. The number of amides is 1. The lowest BCUT2D eigenvalue weighted by Gasteiger charge is -2.21. The van der Waals surface area contributed by atoms with Gasteiger partial charge in [-0.1, -0.05) is 48.5 Å². The Kier molecular flexibility index (Phi) is 7.24. The van der Waals surface area contributed by atoms with Crippen LogP contribution in [-0.4, -0.2) is 45.4 Å². The molecule has 0 aliphatic rings. The van der Waals surface area contributed by atoms with Crippen LogP contribution in [0.5, 0.6) is 5.75 Å². The van der Waals surface area contributed by atoms with Gasteiger partial charge in [0.15, 0.2) is 0 Å². The van der Waals surface area contributed by atoms with Crippen molar-refractivity contribution in [3.63, 3.8) is 0 Å². The van der Waals surface area contributed by atoms with Crippen molar-refractivity contribution in [2.45, 2.75) is 20.5 Å². The Morgan fingerprint density at radius 2 is 1.69 bits per heavy atom. The zero-order valence-corrected chi connectivity index (χ0v) is 20.1. The van der Waals surface area contributed by atoms with E-state index in [1.54, 1.807) is 56.3 Å². The number of esters is 1. The molecule has 0 bridgehead atoms. The van der Waals surface area contributed by atoms with Gasteiger partial charge in [-0.3, -0.25) is 4.90 Å². The van der Waals surface area contributed by atoms with Gasteiger partial charge >= 0.3 is 17.7 Å². The van der Waals surface area contributed by atoms with Gasteiger partial charge in [-0.15, -0.1) is 4.68 Å². The summed E-state index contributed by atoms with van der Waals surface area (Å²) < 4.78 is 12.4. The van der Waals surface area contributed by atoms with E-state index in [1.165, 1.54) is 12.0 Å². The van der Waals surface area contributed by atoms with Crippen LogP contribution in [0, 0.1) is 6.92 Å². The number of tetrazole rings is 1. The van der Waals surface area contributed by atoms with Crippen molar-refractivity contribution in [2.75, 3.05) is 18.6 Å². The molecule has 0 unspecified atom stereocenters. The molecule has 0 fully saturated rings. The Balaban J connectivity index is 1.60. The molecule has 0 spiro atoms. The van der Waals surface area contributed by atoms with Crippen LogP contribution < -0.4 is 15.3 Å². The lowest BCUT2D eigenvalue weighted by Crippen LogP contribution is -2.41. The Morgan fingerprint density at radius 1 is 0.972 bits per heavy atom. The number of methoxy groups -OCH3 is 1. The van der Waals surface area contributed by atoms with E-state index in [1.807, 2.05) is 30.3 Å². The summed E-state index contributed by atoms with van der Waals surface area (Å²) in [6, 6.07) is 20.4. The van der Waals surface area contributed by atoms with E-state index in [2.05, 4.69) is 10.4 Å². The molecular weight excluding hydrogens is 462 g/mol. The number of rotatable bonds is 7. The fourth-order valence-corrected chi connectivity index (χ4v) is 3.66. The number of hydrogen-bond donors (Lipinski definition) is 0. The Bertz CT molecular complexity index is 1440. The van der Waals surface area contributed by atoms with Crippen molar-refractivity contribution in [2.24, 2.45) is 0 Å². The summed E-state index contributed by atoms with van der Waals surface area (Å²) in [6.45, 7) is 3.88. The van der Waals surface area contributed by atoms with Gasteiger partial charge in [0.25, 0.3) is 0 Å². The molecule has 0 aliphatic carbocycles. The predicted octanol–water partition coefficient (Wildman–Crippen LogP) is 3.60. The molecule has 0 radical (unpaired) electrons. The van der Waals surface area contributed by atoms with Gasteiger partial charge in [-0.25, -0.2) is 14.4 Å². The first-order valence-corrected chi connectivity index (χ1v) is 11.3. The zero-order valence-electron chi connectivity index (χ0n) is 20.1. The third-order valence-electron chi connectivity index (χ3n) is 5.59. The largest absolute Gasteiger partial charge is 0.494 e. The summed E-state index contributed by atoms with van der Waals surface area (Å²) in [5, 5.41) is 7.63. The minimum Gasteiger partial charge on any atom is -0.494 e. The highest BCUT2D eigenvalue weighted by Crippen LogP contribution is 2.22. The predicted molar refractivity (Wildman–Crippen MR) is 133 cm³/mol. The highest BCUT2D eigenvalue weighted by Gasteiger charge is 2.24. The van der Waals surface area contributed by atoms with Gasteiger partial charge in [0.1, 0.15) is 18.0 Å². The summed E-state index contributed by atoms with van der Waals surface area (Å²) in [5.74, 6) is -0.107. The first kappa shape index (κ1) is 24.4. The average Bonchev–Trinajstić information content (AvgIpc) is 3.29. The molecule has 1 amide bonds. The molecule has 1 aromatic heterocycles. The van der Waals surface area contributed by atoms with Crippen LogP contribution in [0.3, 0.4) is 0 Å². The number of carbonyl (C=O) groups is 2. The molecule has 0 saturated carbocycles. The van der Waals surface area contributed by atoms with Gasteiger partial charge in [0, 0.05) is 12.2 Å². The van der Waals surface area contributed by atoms with Gasteiger partial charge < -0.3 is 9.47 Å². The van der Waals surface area contributed by atoms with E-state index in [-0.39, 0.29) is 13.2 Å².